The Bertz CT molecular complexity index is 938. The van der Waals surface area contributed by atoms with Crippen molar-refractivity contribution in [1.29, 1.82) is 0 Å². The highest BCUT2D eigenvalue weighted by Gasteiger charge is 2.26. The Morgan fingerprint density at radius 2 is 1.85 bits per heavy atom. The molecular weight excluding hydrogens is 436 g/mol. The number of hydrogen-bond acceptors (Lipinski definition) is 5. The van der Waals surface area contributed by atoms with Crippen LogP contribution in [0.2, 0.25) is 0 Å². The van der Waals surface area contributed by atoms with Gasteiger partial charge < -0.3 is 19.3 Å². The molecule has 6 nitrogen and oxygen atoms in total. The summed E-state index contributed by atoms with van der Waals surface area (Å²) in [6, 6.07) is 9.81. The maximum absolute atomic E-state index is 13.5. The van der Waals surface area contributed by atoms with Gasteiger partial charge in [-0.3, -0.25) is 9.59 Å². The summed E-state index contributed by atoms with van der Waals surface area (Å²) < 4.78 is 10.9. The molecule has 1 aromatic heterocycles. The van der Waals surface area contributed by atoms with Gasteiger partial charge in [-0.25, -0.2) is 0 Å². The highest BCUT2D eigenvalue weighted by Crippen LogP contribution is 2.33. The third-order valence-electron chi connectivity index (χ3n) is 6.58. The molecule has 1 fully saturated rings. The Labute approximate surface area is 200 Å². The second kappa shape index (κ2) is 11.1. The van der Waals surface area contributed by atoms with Gasteiger partial charge in [0.05, 0.1) is 13.1 Å². The van der Waals surface area contributed by atoms with Gasteiger partial charge in [-0.15, -0.1) is 11.3 Å². The summed E-state index contributed by atoms with van der Waals surface area (Å²) in [5.41, 5.74) is 0.979. The lowest BCUT2D eigenvalue weighted by Gasteiger charge is -2.30. The van der Waals surface area contributed by atoms with Crippen LogP contribution in [-0.4, -0.2) is 41.0 Å². The monoisotopic (exact) mass is 470 g/mol. The van der Waals surface area contributed by atoms with Gasteiger partial charge in [0.1, 0.15) is 0 Å². The standard InChI is InChI=1S/C26H34N2O4S/c1-19(2)28(25(29)12-10-20-6-3-4-7-20)17-26(30)27(16-22-8-5-13-33-22)15-21-9-11-23-24(14-21)32-18-31-23/h5,8-9,11,13-14,19-20H,3-4,6-7,10,12,15-18H2,1-2H3. The van der Waals surface area contributed by atoms with Crippen molar-refractivity contribution in [2.75, 3.05) is 13.3 Å². The van der Waals surface area contributed by atoms with Crippen molar-refractivity contribution in [1.82, 2.24) is 9.80 Å². The molecule has 1 aliphatic carbocycles. The molecule has 0 spiro atoms. The van der Waals surface area contributed by atoms with Gasteiger partial charge >= 0.3 is 0 Å². The van der Waals surface area contributed by atoms with Crippen LogP contribution in [0.5, 0.6) is 11.5 Å². The number of thiophene rings is 1. The molecule has 2 amide bonds. The molecule has 0 N–H and O–H groups in total. The molecule has 0 unspecified atom stereocenters. The van der Waals surface area contributed by atoms with Crippen LogP contribution in [0, 0.1) is 5.92 Å². The predicted octanol–water partition coefficient (Wildman–Crippen LogP) is 5.21. The number of carbonyl (C=O) groups excluding carboxylic acids is 2. The number of amides is 2. The Balaban J connectivity index is 1.43. The Morgan fingerprint density at radius 3 is 2.58 bits per heavy atom. The summed E-state index contributed by atoms with van der Waals surface area (Å²) >= 11 is 1.63. The van der Waals surface area contributed by atoms with Crippen molar-refractivity contribution < 1.29 is 19.1 Å². The van der Waals surface area contributed by atoms with Crippen LogP contribution >= 0.6 is 11.3 Å². The van der Waals surface area contributed by atoms with E-state index in [1.165, 1.54) is 25.7 Å². The first-order chi connectivity index (χ1) is 16.0. The van der Waals surface area contributed by atoms with Crippen LogP contribution in [0.25, 0.3) is 0 Å². The number of nitrogens with zero attached hydrogens (tertiary/aromatic N) is 2. The van der Waals surface area contributed by atoms with Crippen LogP contribution in [0.1, 0.15) is 62.8 Å². The van der Waals surface area contributed by atoms with Gasteiger partial charge in [0.2, 0.25) is 18.6 Å². The van der Waals surface area contributed by atoms with Gasteiger partial charge in [0.25, 0.3) is 0 Å². The summed E-state index contributed by atoms with van der Waals surface area (Å²) in [6.45, 7) is 5.28. The minimum atomic E-state index is -0.0380. The van der Waals surface area contributed by atoms with E-state index in [0.717, 1.165) is 22.6 Å². The van der Waals surface area contributed by atoms with E-state index in [0.29, 0.717) is 31.2 Å². The quantitative estimate of drug-likeness (QED) is 0.478. The topological polar surface area (TPSA) is 59.1 Å². The van der Waals surface area contributed by atoms with Gasteiger partial charge in [-0.05, 0) is 55.3 Å². The maximum Gasteiger partial charge on any atom is 0.242 e. The first-order valence-corrected chi connectivity index (χ1v) is 12.9. The third kappa shape index (κ3) is 6.28. The fraction of sp³-hybridized carbons (Fsp3) is 0.538. The lowest BCUT2D eigenvalue weighted by Crippen LogP contribution is -2.45. The third-order valence-corrected chi connectivity index (χ3v) is 7.44. The maximum atomic E-state index is 13.5. The average molecular weight is 471 g/mol. The van der Waals surface area contributed by atoms with Crippen molar-refractivity contribution >= 4 is 23.2 Å². The molecule has 33 heavy (non-hydrogen) atoms. The zero-order valence-electron chi connectivity index (χ0n) is 19.6. The highest BCUT2D eigenvalue weighted by atomic mass is 32.1. The van der Waals surface area contributed by atoms with Crippen LogP contribution in [0.4, 0.5) is 0 Å². The van der Waals surface area contributed by atoms with Crippen molar-refractivity contribution in [3.8, 4) is 11.5 Å². The van der Waals surface area contributed by atoms with E-state index >= 15 is 0 Å². The number of fused-ring (bicyclic) bond motifs is 1. The van der Waals surface area contributed by atoms with Crippen molar-refractivity contribution in [2.24, 2.45) is 5.92 Å². The highest BCUT2D eigenvalue weighted by molar-refractivity contribution is 7.09. The first-order valence-electron chi connectivity index (χ1n) is 12.0. The molecule has 2 aromatic rings. The molecule has 2 heterocycles. The van der Waals surface area contributed by atoms with Crippen molar-refractivity contribution in [3.63, 3.8) is 0 Å². The van der Waals surface area contributed by atoms with Crippen molar-refractivity contribution in [3.05, 3.63) is 46.2 Å². The largest absolute Gasteiger partial charge is 0.454 e. The molecule has 1 aromatic carbocycles. The normalized spacial score (nSPS) is 15.2. The molecule has 0 atom stereocenters. The van der Waals surface area contributed by atoms with E-state index in [9.17, 15) is 9.59 Å². The first kappa shape index (κ1) is 23.6. The van der Waals surface area contributed by atoms with E-state index in [4.69, 9.17) is 9.47 Å². The minimum Gasteiger partial charge on any atom is -0.454 e. The van der Waals surface area contributed by atoms with Crippen LogP contribution in [0.15, 0.2) is 35.7 Å². The van der Waals surface area contributed by atoms with E-state index in [2.05, 4.69) is 0 Å². The second-order valence-corrected chi connectivity index (χ2v) is 10.4. The van der Waals surface area contributed by atoms with Crippen molar-refractivity contribution in [2.45, 2.75) is 71.5 Å². The Kier molecular flexibility index (Phi) is 7.91. The number of hydrogen-bond donors (Lipinski definition) is 0. The summed E-state index contributed by atoms with van der Waals surface area (Å²) in [5.74, 6) is 2.16. The minimum absolute atomic E-state index is 0.0147. The van der Waals surface area contributed by atoms with Gasteiger partial charge in [0.15, 0.2) is 11.5 Å². The molecule has 1 saturated carbocycles. The number of ether oxygens (including phenoxy) is 2. The fourth-order valence-electron chi connectivity index (χ4n) is 4.66. The molecule has 7 heteroatoms. The zero-order valence-corrected chi connectivity index (χ0v) is 20.4. The summed E-state index contributed by atoms with van der Waals surface area (Å²) in [4.78, 5) is 31.2. The predicted molar refractivity (Wildman–Crippen MR) is 129 cm³/mol. The Hall–Kier alpha value is -2.54. The van der Waals surface area contributed by atoms with Gasteiger partial charge in [-0.2, -0.15) is 0 Å². The lowest BCUT2D eigenvalue weighted by molar-refractivity contribution is -0.142. The molecule has 4 rings (SSSR count). The van der Waals surface area contributed by atoms with Crippen LogP contribution in [0.3, 0.4) is 0 Å². The average Bonchev–Trinajstić information content (AvgIpc) is 3.57. The van der Waals surface area contributed by atoms with Crippen LogP contribution < -0.4 is 9.47 Å². The molecule has 2 aliphatic rings. The van der Waals surface area contributed by atoms with E-state index in [1.807, 2.05) is 54.5 Å². The number of benzene rings is 1. The fourth-order valence-corrected chi connectivity index (χ4v) is 5.38. The molecule has 0 radical (unpaired) electrons. The van der Waals surface area contributed by atoms with Gasteiger partial charge in [0, 0.05) is 23.9 Å². The van der Waals surface area contributed by atoms with Gasteiger partial charge in [-0.1, -0.05) is 37.8 Å². The smallest absolute Gasteiger partial charge is 0.242 e. The second-order valence-electron chi connectivity index (χ2n) is 9.32. The Morgan fingerprint density at radius 1 is 1.06 bits per heavy atom. The summed E-state index contributed by atoms with van der Waals surface area (Å²) in [7, 11) is 0. The molecule has 178 valence electrons. The SMILES string of the molecule is CC(C)N(CC(=O)N(Cc1ccc2c(c1)OCO2)Cc1cccs1)C(=O)CCC1CCCC1. The zero-order chi connectivity index (χ0) is 23.2. The van der Waals surface area contributed by atoms with E-state index in [1.54, 1.807) is 16.2 Å². The summed E-state index contributed by atoms with van der Waals surface area (Å²) in [5, 5.41) is 2.02. The van der Waals surface area contributed by atoms with Crippen LogP contribution in [-0.2, 0) is 22.7 Å². The molecule has 0 bridgehead atoms. The van der Waals surface area contributed by atoms with E-state index in [-0.39, 0.29) is 31.2 Å². The van der Waals surface area contributed by atoms with E-state index < -0.39 is 0 Å². The number of rotatable bonds is 10. The summed E-state index contributed by atoms with van der Waals surface area (Å²) in [6.07, 6.45) is 6.50. The molecule has 1 aliphatic heterocycles. The molecule has 0 saturated heterocycles. The molecular formula is C26H34N2O4S. The lowest BCUT2D eigenvalue weighted by atomic mass is 10.0. The number of carbonyl (C=O) groups is 2.